The number of rotatable bonds is 4. The van der Waals surface area contributed by atoms with E-state index >= 15 is 0 Å². The summed E-state index contributed by atoms with van der Waals surface area (Å²) in [6.07, 6.45) is 1.67. The van der Waals surface area contributed by atoms with Gasteiger partial charge < -0.3 is 5.73 Å². The predicted octanol–water partition coefficient (Wildman–Crippen LogP) is 3.98. The van der Waals surface area contributed by atoms with E-state index in [1.807, 2.05) is 31.2 Å². The Labute approximate surface area is 124 Å². The fourth-order valence-corrected chi connectivity index (χ4v) is 2.27. The molecule has 21 heavy (non-hydrogen) atoms. The quantitative estimate of drug-likeness (QED) is 0.659. The van der Waals surface area contributed by atoms with E-state index in [9.17, 15) is 4.39 Å². The molecule has 0 spiro atoms. The number of halogens is 1. The lowest BCUT2D eigenvalue weighted by molar-refractivity contribution is 0.628. The minimum absolute atomic E-state index is 0.199. The zero-order valence-electron chi connectivity index (χ0n) is 12.4. The summed E-state index contributed by atoms with van der Waals surface area (Å²) in [7, 11) is 0. The van der Waals surface area contributed by atoms with Crippen molar-refractivity contribution >= 4 is 17.3 Å². The third kappa shape index (κ3) is 3.21. The summed E-state index contributed by atoms with van der Waals surface area (Å²) in [5.74, 6) is -0.584. The normalized spacial score (nSPS) is 10.4. The van der Waals surface area contributed by atoms with Crippen molar-refractivity contribution in [3.63, 3.8) is 0 Å². The standard InChI is InChI=1S/C17H20FN3/c1-3-12-6-5-7-14(10-12)21(17(19)20)16-11-13(4-2)8-9-15(16)18/h5-11H,3-4H2,1-2H3,(H3,19,20). The highest BCUT2D eigenvalue weighted by molar-refractivity contribution is 6.00. The van der Waals surface area contributed by atoms with Gasteiger partial charge in [-0.2, -0.15) is 0 Å². The van der Waals surface area contributed by atoms with Crippen LogP contribution in [0.15, 0.2) is 42.5 Å². The smallest absolute Gasteiger partial charge is 0.197 e. The van der Waals surface area contributed by atoms with Crippen molar-refractivity contribution in [1.29, 1.82) is 5.41 Å². The number of aryl methyl sites for hydroxylation is 2. The molecule has 3 nitrogen and oxygen atoms in total. The second kappa shape index (κ2) is 6.39. The molecule has 0 bridgehead atoms. The van der Waals surface area contributed by atoms with Gasteiger partial charge in [0, 0.05) is 5.69 Å². The Balaban J connectivity index is 2.55. The van der Waals surface area contributed by atoms with Crippen LogP contribution in [0.5, 0.6) is 0 Å². The van der Waals surface area contributed by atoms with Crippen LogP contribution in [-0.4, -0.2) is 5.96 Å². The van der Waals surface area contributed by atoms with Gasteiger partial charge in [0.25, 0.3) is 0 Å². The summed E-state index contributed by atoms with van der Waals surface area (Å²) in [4.78, 5) is 1.44. The average Bonchev–Trinajstić information content (AvgIpc) is 2.49. The lowest BCUT2D eigenvalue weighted by Crippen LogP contribution is -2.33. The topological polar surface area (TPSA) is 53.1 Å². The van der Waals surface area contributed by atoms with Crippen LogP contribution < -0.4 is 10.6 Å². The molecule has 0 aliphatic carbocycles. The van der Waals surface area contributed by atoms with Gasteiger partial charge in [0.15, 0.2) is 5.96 Å². The average molecular weight is 285 g/mol. The highest BCUT2D eigenvalue weighted by atomic mass is 19.1. The van der Waals surface area contributed by atoms with E-state index in [0.717, 1.165) is 24.0 Å². The maximum absolute atomic E-state index is 14.2. The van der Waals surface area contributed by atoms with E-state index in [0.29, 0.717) is 11.4 Å². The van der Waals surface area contributed by atoms with Crippen LogP contribution >= 0.6 is 0 Å². The highest BCUT2D eigenvalue weighted by Crippen LogP contribution is 2.29. The number of nitrogens with zero attached hydrogens (tertiary/aromatic N) is 1. The SMILES string of the molecule is CCc1cccc(N(C(=N)N)c2cc(CC)ccc2F)c1. The van der Waals surface area contributed by atoms with Crippen molar-refractivity contribution < 1.29 is 4.39 Å². The molecule has 0 atom stereocenters. The molecule has 110 valence electrons. The molecule has 2 aromatic carbocycles. The number of nitrogens with one attached hydrogen (secondary N) is 1. The molecule has 0 saturated carbocycles. The van der Waals surface area contributed by atoms with Gasteiger partial charge in [0.1, 0.15) is 5.82 Å². The van der Waals surface area contributed by atoms with Crippen LogP contribution in [0.1, 0.15) is 25.0 Å². The molecule has 0 aliphatic rings. The molecule has 0 aromatic heterocycles. The Morgan fingerprint density at radius 3 is 2.38 bits per heavy atom. The molecule has 2 rings (SSSR count). The van der Waals surface area contributed by atoms with Gasteiger partial charge in [-0.05, 0) is 48.2 Å². The number of hydrogen-bond donors (Lipinski definition) is 2. The zero-order valence-corrected chi connectivity index (χ0v) is 12.4. The number of hydrogen-bond acceptors (Lipinski definition) is 1. The van der Waals surface area contributed by atoms with Gasteiger partial charge >= 0.3 is 0 Å². The van der Waals surface area contributed by atoms with Crippen molar-refractivity contribution in [2.45, 2.75) is 26.7 Å². The van der Waals surface area contributed by atoms with Crippen LogP contribution in [0, 0.1) is 11.2 Å². The summed E-state index contributed by atoms with van der Waals surface area (Å²) in [6.45, 7) is 4.06. The van der Waals surface area contributed by atoms with Gasteiger partial charge in [-0.15, -0.1) is 0 Å². The fourth-order valence-electron chi connectivity index (χ4n) is 2.27. The highest BCUT2D eigenvalue weighted by Gasteiger charge is 2.17. The number of guanidine groups is 1. The van der Waals surface area contributed by atoms with Crippen molar-refractivity contribution in [1.82, 2.24) is 0 Å². The second-order valence-electron chi connectivity index (χ2n) is 4.88. The molecule has 0 fully saturated rings. The van der Waals surface area contributed by atoms with E-state index in [2.05, 4.69) is 6.92 Å². The van der Waals surface area contributed by atoms with Crippen LogP contribution in [-0.2, 0) is 12.8 Å². The van der Waals surface area contributed by atoms with Crippen LogP contribution in [0.2, 0.25) is 0 Å². The first-order valence-corrected chi connectivity index (χ1v) is 7.08. The Bertz CT molecular complexity index is 652. The molecule has 0 unspecified atom stereocenters. The summed E-state index contributed by atoms with van der Waals surface area (Å²) < 4.78 is 14.2. The molecule has 0 saturated heterocycles. The third-order valence-electron chi connectivity index (χ3n) is 3.48. The molecule has 0 aliphatic heterocycles. The molecule has 4 heteroatoms. The third-order valence-corrected chi connectivity index (χ3v) is 3.48. The molecule has 2 aromatic rings. The Hall–Kier alpha value is -2.36. The van der Waals surface area contributed by atoms with E-state index in [-0.39, 0.29) is 11.8 Å². The van der Waals surface area contributed by atoms with Crippen LogP contribution in [0.4, 0.5) is 15.8 Å². The first-order chi connectivity index (χ1) is 10.1. The Morgan fingerprint density at radius 1 is 1.10 bits per heavy atom. The minimum atomic E-state index is -0.385. The molecule has 0 radical (unpaired) electrons. The summed E-state index contributed by atoms with van der Waals surface area (Å²) in [5, 5.41) is 7.82. The second-order valence-corrected chi connectivity index (χ2v) is 4.88. The van der Waals surface area contributed by atoms with E-state index < -0.39 is 0 Å². The fraction of sp³-hybridized carbons (Fsp3) is 0.235. The lowest BCUT2D eigenvalue weighted by Gasteiger charge is -2.24. The number of anilines is 2. The van der Waals surface area contributed by atoms with Crippen LogP contribution in [0.25, 0.3) is 0 Å². The summed E-state index contributed by atoms with van der Waals surface area (Å²) in [5.41, 5.74) is 8.83. The molecule has 3 N–H and O–H groups in total. The van der Waals surface area contributed by atoms with E-state index in [4.69, 9.17) is 11.1 Å². The molecule has 0 amide bonds. The Kier molecular flexibility index (Phi) is 4.58. The maximum Gasteiger partial charge on any atom is 0.197 e. The Morgan fingerprint density at radius 2 is 1.76 bits per heavy atom. The minimum Gasteiger partial charge on any atom is -0.369 e. The molecular formula is C17H20FN3. The van der Waals surface area contributed by atoms with Crippen molar-refractivity contribution in [3.05, 3.63) is 59.4 Å². The zero-order chi connectivity index (χ0) is 15.4. The molecule has 0 heterocycles. The summed E-state index contributed by atoms with van der Waals surface area (Å²) >= 11 is 0. The maximum atomic E-state index is 14.2. The van der Waals surface area contributed by atoms with Gasteiger partial charge in [-0.1, -0.05) is 32.0 Å². The van der Waals surface area contributed by atoms with Gasteiger partial charge in [0.05, 0.1) is 5.69 Å². The first kappa shape index (κ1) is 15.0. The van der Waals surface area contributed by atoms with Crippen molar-refractivity contribution in [2.24, 2.45) is 5.73 Å². The van der Waals surface area contributed by atoms with Gasteiger partial charge in [0.2, 0.25) is 0 Å². The van der Waals surface area contributed by atoms with E-state index in [1.165, 1.54) is 11.0 Å². The number of nitrogens with two attached hydrogens (primary N) is 1. The van der Waals surface area contributed by atoms with Crippen LogP contribution in [0.3, 0.4) is 0 Å². The van der Waals surface area contributed by atoms with Crippen molar-refractivity contribution in [3.8, 4) is 0 Å². The van der Waals surface area contributed by atoms with Gasteiger partial charge in [-0.25, -0.2) is 4.39 Å². The van der Waals surface area contributed by atoms with E-state index in [1.54, 1.807) is 12.1 Å². The monoisotopic (exact) mass is 285 g/mol. The summed E-state index contributed by atoms with van der Waals surface area (Å²) in [6, 6.07) is 12.6. The van der Waals surface area contributed by atoms with Gasteiger partial charge in [-0.3, -0.25) is 10.3 Å². The van der Waals surface area contributed by atoms with Crippen molar-refractivity contribution in [2.75, 3.05) is 4.90 Å². The largest absolute Gasteiger partial charge is 0.369 e. The molecular weight excluding hydrogens is 265 g/mol. The first-order valence-electron chi connectivity index (χ1n) is 7.08. The number of benzene rings is 2. The lowest BCUT2D eigenvalue weighted by atomic mass is 10.1. The predicted molar refractivity (Wildman–Crippen MR) is 85.7 cm³/mol.